The highest BCUT2D eigenvalue weighted by Crippen LogP contribution is 2.23. The fourth-order valence-electron chi connectivity index (χ4n) is 3.66. The number of likely N-dealkylation sites (N-methyl/N-ethyl adjacent to an activating group) is 1. The van der Waals surface area contributed by atoms with Crippen molar-refractivity contribution in [2.45, 2.75) is 32.4 Å². The number of hydrogen-bond donors (Lipinski definition) is 1. The molecule has 29 heavy (non-hydrogen) atoms. The Labute approximate surface area is 174 Å². The lowest BCUT2D eigenvalue weighted by Gasteiger charge is -2.32. The van der Waals surface area contributed by atoms with Crippen LogP contribution in [-0.2, 0) is 16.1 Å². The van der Waals surface area contributed by atoms with Crippen molar-refractivity contribution >= 4 is 11.6 Å². The van der Waals surface area contributed by atoms with Crippen molar-refractivity contribution in [1.29, 1.82) is 0 Å². The molecule has 156 valence electrons. The van der Waals surface area contributed by atoms with E-state index in [4.69, 9.17) is 4.74 Å². The molecule has 0 saturated carbocycles. The predicted molar refractivity (Wildman–Crippen MR) is 118 cm³/mol. The maximum Gasteiger partial charge on any atom is 0.237 e. The number of para-hydroxylation sites is 1. The molecule has 1 aliphatic heterocycles. The van der Waals surface area contributed by atoms with Crippen LogP contribution >= 0.6 is 0 Å². The first kappa shape index (κ1) is 21.3. The number of nitrogens with one attached hydrogen (secondary N) is 1. The first-order valence-electron chi connectivity index (χ1n) is 10.5. The Bertz CT molecular complexity index is 775. The van der Waals surface area contributed by atoms with Crippen molar-refractivity contribution in [3.05, 3.63) is 65.7 Å². The van der Waals surface area contributed by atoms with E-state index in [1.54, 1.807) is 0 Å². The summed E-state index contributed by atoms with van der Waals surface area (Å²) in [6.07, 6.45) is 0. The molecule has 2 aromatic rings. The summed E-state index contributed by atoms with van der Waals surface area (Å²) >= 11 is 0. The zero-order valence-corrected chi connectivity index (χ0v) is 17.8. The van der Waals surface area contributed by atoms with Gasteiger partial charge in [0.15, 0.2) is 0 Å². The topological polar surface area (TPSA) is 44.8 Å². The Morgan fingerprint density at radius 3 is 2.45 bits per heavy atom. The summed E-state index contributed by atoms with van der Waals surface area (Å²) in [6.45, 7) is 8.84. The van der Waals surface area contributed by atoms with Gasteiger partial charge in [-0.2, -0.15) is 0 Å². The molecule has 0 radical (unpaired) electrons. The molecule has 5 nitrogen and oxygen atoms in total. The Kier molecular flexibility index (Phi) is 7.67. The Morgan fingerprint density at radius 1 is 1.07 bits per heavy atom. The third-order valence-corrected chi connectivity index (χ3v) is 5.75. The van der Waals surface area contributed by atoms with Crippen LogP contribution in [0.4, 0.5) is 5.69 Å². The summed E-state index contributed by atoms with van der Waals surface area (Å²) in [5.74, 6) is 0.360. The minimum atomic E-state index is -0.198. The largest absolute Gasteiger partial charge is 0.378 e. The number of rotatable bonds is 8. The Balaban J connectivity index is 1.56. The van der Waals surface area contributed by atoms with Crippen molar-refractivity contribution in [3.63, 3.8) is 0 Å². The number of morpholine rings is 1. The van der Waals surface area contributed by atoms with Gasteiger partial charge in [0.1, 0.15) is 0 Å². The smallest absolute Gasteiger partial charge is 0.237 e. The number of benzene rings is 2. The van der Waals surface area contributed by atoms with E-state index in [1.807, 2.05) is 32.2 Å². The zero-order valence-electron chi connectivity index (χ0n) is 17.8. The molecule has 2 aromatic carbocycles. The summed E-state index contributed by atoms with van der Waals surface area (Å²) < 4.78 is 5.48. The van der Waals surface area contributed by atoms with Crippen molar-refractivity contribution in [3.8, 4) is 0 Å². The van der Waals surface area contributed by atoms with Crippen LogP contribution in [0.2, 0.25) is 0 Å². The van der Waals surface area contributed by atoms with Crippen LogP contribution in [0.1, 0.15) is 30.9 Å². The van der Waals surface area contributed by atoms with Crippen LogP contribution < -0.4 is 10.2 Å². The monoisotopic (exact) mass is 395 g/mol. The molecule has 3 rings (SSSR count). The first-order chi connectivity index (χ1) is 14.1. The lowest BCUT2D eigenvalue weighted by Crippen LogP contribution is -2.44. The minimum Gasteiger partial charge on any atom is -0.378 e. The highest BCUT2D eigenvalue weighted by molar-refractivity contribution is 5.81. The average molecular weight is 396 g/mol. The summed E-state index contributed by atoms with van der Waals surface area (Å²) in [6, 6.07) is 18.6. The fourth-order valence-corrected chi connectivity index (χ4v) is 3.66. The normalized spacial score (nSPS) is 16.5. The Morgan fingerprint density at radius 2 is 1.72 bits per heavy atom. The Hall–Kier alpha value is -2.37. The number of carbonyl (C=O) groups excluding carboxylic acids is 1. The molecule has 1 saturated heterocycles. The SMILES string of the molecule is C[C@H](CNC(=O)[C@H](C)N(C)Cc1ccccc1N1CCOCC1)c1ccccc1. The number of ether oxygens (including phenoxy) is 1. The molecule has 1 heterocycles. The van der Waals surface area contributed by atoms with E-state index in [-0.39, 0.29) is 11.9 Å². The van der Waals surface area contributed by atoms with E-state index in [1.165, 1.54) is 16.8 Å². The van der Waals surface area contributed by atoms with Crippen molar-refractivity contribution < 1.29 is 9.53 Å². The molecular formula is C24H33N3O2. The highest BCUT2D eigenvalue weighted by Gasteiger charge is 2.21. The average Bonchev–Trinajstić information content (AvgIpc) is 2.78. The molecule has 1 aliphatic rings. The molecule has 1 fully saturated rings. The zero-order chi connectivity index (χ0) is 20.6. The van der Waals surface area contributed by atoms with E-state index < -0.39 is 0 Å². The minimum absolute atomic E-state index is 0.0686. The highest BCUT2D eigenvalue weighted by atomic mass is 16.5. The summed E-state index contributed by atoms with van der Waals surface area (Å²) in [5.41, 5.74) is 3.73. The van der Waals surface area contributed by atoms with Gasteiger partial charge in [0.2, 0.25) is 5.91 Å². The fraction of sp³-hybridized carbons (Fsp3) is 0.458. The van der Waals surface area contributed by atoms with Crippen LogP contribution in [-0.4, -0.2) is 56.7 Å². The van der Waals surface area contributed by atoms with Gasteiger partial charge in [-0.1, -0.05) is 55.5 Å². The maximum atomic E-state index is 12.7. The van der Waals surface area contributed by atoms with Crippen LogP contribution in [0.15, 0.2) is 54.6 Å². The van der Waals surface area contributed by atoms with Gasteiger partial charge in [0, 0.05) is 31.9 Å². The standard InChI is InChI=1S/C24H33N3O2/c1-19(21-9-5-4-6-10-21)17-25-24(28)20(2)26(3)18-22-11-7-8-12-23(22)27-13-15-29-16-14-27/h4-12,19-20H,13-18H2,1-3H3,(H,25,28)/t19-,20+/m1/s1. The first-order valence-corrected chi connectivity index (χ1v) is 10.5. The molecule has 1 amide bonds. The predicted octanol–water partition coefficient (Wildman–Crippen LogP) is 3.26. The van der Waals surface area contributed by atoms with Crippen LogP contribution in [0.25, 0.3) is 0 Å². The number of hydrogen-bond acceptors (Lipinski definition) is 4. The second-order valence-corrected chi connectivity index (χ2v) is 7.88. The molecule has 1 N–H and O–H groups in total. The quantitative estimate of drug-likeness (QED) is 0.745. The van der Waals surface area contributed by atoms with E-state index >= 15 is 0 Å². The lowest BCUT2D eigenvalue weighted by atomic mass is 10.0. The van der Waals surface area contributed by atoms with Crippen LogP contribution in [0.3, 0.4) is 0 Å². The lowest BCUT2D eigenvalue weighted by molar-refractivity contribution is -0.125. The second-order valence-electron chi connectivity index (χ2n) is 7.88. The van der Waals surface area contributed by atoms with Gasteiger partial charge >= 0.3 is 0 Å². The number of carbonyl (C=O) groups is 1. The van der Waals surface area contributed by atoms with Gasteiger partial charge in [0.05, 0.1) is 19.3 Å². The molecule has 0 bridgehead atoms. The van der Waals surface area contributed by atoms with E-state index in [2.05, 4.69) is 58.4 Å². The van der Waals surface area contributed by atoms with Crippen molar-refractivity contribution in [2.24, 2.45) is 0 Å². The summed E-state index contributed by atoms with van der Waals surface area (Å²) in [7, 11) is 2.01. The van der Waals surface area contributed by atoms with E-state index in [9.17, 15) is 4.79 Å². The second kappa shape index (κ2) is 10.4. The number of anilines is 1. The third kappa shape index (κ3) is 5.81. The van der Waals surface area contributed by atoms with Gasteiger partial charge in [-0.05, 0) is 37.1 Å². The van der Waals surface area contributed by atoms with Gasteiger partial charge in [0.25, 0.3) is 0 Å². The third-order valence-electron chi connectivity index (χ3n) is 5.75. The summed E-state index contributed by atoms with van der Waals surface area (Å²) in [5, 5.41) is 3.12. The van der Waals surface area contributed by atoms with Gasteiger partial charge in [-0.15, -0.1) is 0 Å². The van der Waals surface area contributed by atoms with Crippen LogP contribution in [0, 0.1) is 0 Å². The summed E-state index contributed by atoms with van der Waals surface area (Å²) in [4.78, 5) is 17.2. The molecule has 0 unspecified atom stereocenters. The molecular weight excluding hydrogens is 362 g/mol. The van der Waals surface area contributed by atoms with Gasteiger partial charge in [-0.3, -0.25) is 9.69 Å². The maximum absolute atomic E-state index is 12.7. The number of amides is 1. The molecule has 0 aromatic heterocycles. The molecule has 0 spiro atoms. The van der Waals surface area contributed by atoms with Gasteiger partial charge < -0.3 is 15.0 Å². The van der Waals surface area contributed by atoms with Crippen LogP contribution in [0.5, 0.6) is 0 Å². The van der Waals surface area contributed by atoms with Crippen molar-refractivity contribution in [2.75, 3.05) is 44.8 Å². The molecule has 2 atom stereocenters. The van der Waals surface area contributed by atoms with E-state index in [0.717, 1.165) is 32.8 Å². The van der Waals surface area contributed by atoms with Gasteiger partial charge in [-0.25, -0.2) is 0 Å². The number of nitrogens with zero attached hydrogens (tertiary/aromatic N) is 2. The van der Waals surface area contributed by atoms with E-state index in [0.29, 0.717) is 12.5 Å². The molecule has 0 aliphatic carbocycles. The molecule has 5 heteroatoms. The van der Waals surface area contributed by atoms with Crippen molar-refractivity contribution in [1.82, 2.24) is 10.2 Å².